The van der Waals surface area contributed by atoms with Gasteiger partial charge in [0.25, 0.3) is 0 Å². The molecule has 0 saturated carbocycles. The van der Waals surface area contributed by atoms with Gasteiger partial charge in [0.15, 0.2) is 0 Å². The maximum atomic E-state index is 13.0. The Kier molecular flexibility index (Phi) is 9.96. The van der Waals surface area contributed by atoms with Crippen molar-refractivity contribution in [2.45, 2.75) is 117 Å². The number of imide groups is 1. The maximum Gasteiger partial charge on any atom is 0.420 e. The standard InChI is InChI=1S/C23H41NO8/c1-14(2)13-29-17-12-10-11-16(19(26)30-15(3)18(17)25)24(20(27)31-22(4,5)6)21(28)32-23(7,8)9/h14-18,25H,10-13H2,1-9H3/t15-,16-,17-,18-/m0/s1. The molecule has 0 radical (unpaired) electrons. The van der Waals surface area contributed by atoms with Crippen LogP contribution in [0, 0.1) is 5.92 Å². The summed E-state index contributed by atoms with van der Waals surface area (Å²) in [6, 6.07) is -1.25. The highest BCUT2D eigenvalue weighted by Crippen LogP contribution is 2.25. The van der Waals surface area contributed by atoms with Crippen LogP contribution in [0.1, 0.15) is 81.6 Å². The minimum absolute atomic E-state index is 0.123. The van der Waals surface area contributed by atoms with Crippen molar-refractivity contribution in [1.82, 2.24) is 4.90 Å². The highest BCUT2D eigenvalue weighted by Gasteiger charge is 2.43. The van der Waals surface area contributed by atoms with Crippen LogP contribution in [0.4, 0.5) is 9.59 Å². The van der Waals surface area contributed by atoms with E-state index in [0.717, 1.165) is 0 Å². The van der Waals surface area contributed by atoms with Crippen LogP contribution in [0.15, 0.2) is 0 Å². The van der Waals surface area contributed by atoms with Gasteiger partial charge in [0.05, 0.1) is 6.10 Å². The van der Waals surface area contributed by atoms with E-state index in [0.29, 0.717) is 24.3 Å². The molecule has 0 spiro atoms. The molecule has 0 unspecified atom stereocenters. The lowest BCUT2D eigenvalue weighted by Gasteiger charge is -2.32. The van der Waals surface area contributed by atoms with E-state index in [1.165, 1.54) is 0 Å². The van der Waals surface area contributed by atoms with Crippen molar-refractivity contribution in [1.29, 1.82) is 0 Å². The number of hydrogen-bond acceptors (Lipinski definition) is 8. The Morgan fingerprint density at radius 3 is 2.00 bits per heavy atom. The molecule has 1 heterocycles. The molecule has 0 aromatic carbocycles. The summed E-state index contributed by atoms with van der Waals surface area (Å²) in [5.74, 6) is -0.534. The van der Waals surface area contributed by atoms with Crippen LogP contribution in [0.5, 0.6) is 0 Å². The summed E-state index contributed by atoms with van der Waals surface area (Å²) in [6.07, 6.45) is -3.47. The van der Waals surface area contributed by atoms with Gasteiger partial charge in [-0.05, 0) is 73.6 Å². The molecule has 1 aliphatic heterocycles. The lowest BCUT2D eigenvalue weighted by Crippen LogP contribution is -2.53. The van der Waals surface area contributed by atoms with Crippen molar-refractivity contribution >= 4 is 18.2 Å². The van der Waals surface area contributed by atoms with Gasteiger partial charge in [-0.25, -0.2) is 14.4 Å². The molecule has 2 amide bonds. The number of aliphatic hydroxyl groups is 1. The number of ether oxygens (including phenoxy) is 4. The summed E-state index contributed by atoms with van der Waals surface area (Å²) in [4.78, 5) is 39.5. The molecular formula is C23H41NO8. The highest BCUT2D eigenvalue weighted by molar-refractivity contribution is 5.94. The molecule has 186 valence electrons. The zero-order chi connectivity index (χ0) is 24.9. The lowest BCUT2D eigenvalue weighted by atomic mass is 10.0. The van der Waals surface area contributed by atoms with E-state index < -0.39 is 53.7 Å². The van der Waals surface area contributed by atoms with Gasteiger partial charge in [-0.1, -0.05) is 13.8 Å². The second kappa shape index (κ2) is 11.3. The van der Waals surface area contributed by atoms with Crippen molar-refractivity contribution < 1.29 is 38.4 Å². The van der Waals surface area contributed by atoms with Crippen molar-refractivity contribution in [2.75, 3.05) is 6.61 Å². The second-order valence-electron chi connectivity index (χ2n) is 10.7. The maximum absolute atomic E-state index is 13.0. The van der Waals surface area contributed by atoms with Crippen molar-refractivity contribution in [2.24, 2.45) is 5.92 Å². The Bertz CT molecular complexity index is 621. The van der Waals surface area contributed by atoms with Gasteiger partial charge < -0.3 is 24.1 Å². The van der Waals surface area contributed by atoms with Crippen LogP contribution in [-0.2, 0) is 23.7 Å². The largest absolute Gasteiger partial charge is 0.458 e. The summed E-state index contributed by atoms with van der Waals surface area (Å²) < 4.78 is 22.0. The van der Waals surface area contributed by atoms with Crippen molar-refractivity contribution in [3.05, 3.63) is 0 Å². The number of hydrogen-bond donors (Lipinski definition) is 1. The van der Waals surface area contributed by atoms with Gasteiger partial charge in [-0.2, -0.15) is 4.90 Å². The molecule has 32 heavy (non-hydrogen) atoms. The predicted octanol–water partition coefficient (Wildman–Crippen LogP) is 4.04. The highest BCUT2D eigenvalue weighted by atomic mass is 16.6. The fourth-order valence-corrected chi connectivity index (χ4v) is 3.12. The van der Waals surface area contributed by atoms with Gasteiger partial charge in [0.1, 0.15) is 29.5 Å². The molecule has 1 rings (SSSR count). The molecule has 0 aromatic heterocycles. The van der Waals surface area contributed by atoms with E-state index in [4.69, 9.17) is 18.9 Å². The van der Waals surface area contributed by atoms with Crippen LogP contribution in [0.3, 0.4) is 0 Å². The van der Waals surface area contributed by atoms with Gasteiger partial charge in [0.2, 0.25) is 0 Å². The Morgan fingerprint density at radius 2 is 1.56 bits per heavy atom. The van der Waals surface area contributed by atoms with E-state index in [1.54, 1.807) is 48.5 Å². The summed E-state index contributed by atoms with van der Waals surface area (Å²) in [5.41, 5.74) is -1.78. The fourth-order valence-electron chi connectivity index (χ4n) is 3.12. The Hall–Kier alpha value is -1.87. The monoisotopic (exact) mass is 459 g/mol. The fraction of sp³-hybridized carbons (Fsp3) is 0.870. The Labute approximate surface area is 191 Å². The molecule has 9 heteroatoms. The Balaban J connectivity index is 3.20. The first kappa shape index (κ1) is 28.2. The quantitative estimate of drug-likeness (QED) is 0.495. The molecule has 9 nitrogen and oxygen atoms in total. The summed E-state index contributed by atoms with van der Waals surface area (Å²) >= 11 is 0. The lowest BCUT2D eigenvalue weighted by molar-refractivity contribution is -0.165. The Morgan fingerprint density at radius 1 is 1.06 bits per heavy atom. The summed E-state index contributed by atoms with van der Waals surface area (Å²) in [7, 11) is 0. The topological polar surface area (TPSA) is 112 Å². The smallest absolute Gasteiger partial charge is 0.420 e. The molecular weight excluding hydrogens is 418 g/mol. The first-order valence-corrected chi connectivity index (χ1v) is 11.3. The van der Waals surface area contributed by atoms with Gasteiger partial charge in [-0.15, -0.1) is 0 Å². The normalized spacial score (nSPS) is 25.3. The molecule has 4 atom stereocenters. The predicted molar refractivity (Wildman–Crippen MR) is 118 cm³/mol. The molecule has 1 fully saturated rings. The number of cyclic esters (lactones) is 1. The molecule has 0 bridgehead atoms. The van der Waals surface area contributed by atoms with Crippen LogP contribution in [0.2, 0.25) is 0 Å². The zero-order valence-electron chi connectivity index (χ0n) is 21.0. The molecule has 1 saturated heterocycles. The number of carbonyl (C=O) groups excluding carboxylic acids is 3. The number of amides is 2. The van der Waals surface area contributed by atoms with Crippen molar-refractivity contribution in [3.8, 4) is 0 Å². The molecule has 1 aliphatic rings. The van der Waals surface area contributed by atoms with Crippen LogP contribution < -0.4 is 0 Å². The molecule has 0 aliphatic carbocycles. The number of nitrogens with zero attached hydrogens (tertiary/aromatic N) is 1. The van der Waals surface area contributed by atoms with E-state index in [2.05, 4.69) is 0 Å². The van der Waals surface area contributed by atoms with E-state index in [1.807, 2.05) is 13.8 Å². The minimum atomic E-state index is -1.25. The van der Waals surface area contributed by atoms with Crippen LogP contribution >= 0.6 is 0 Å². The molecule has 0 aromatic rings. The summed E-state index contributed by atoms with van der Waals surface area (Å²) in [6.45, 7) is 16.0. The third kappa shape index (κ3) is 9.32. The van der Waals surface area contributed by atoms with Crippen LogP contribution in [-0.4, -0.2) is 70.3 Å². The van der Waals surface area contributed by atoms with E-state index in [9.17, 15) is 19.5 Å². The number of carbonyl (C=O) groups is 3. The zero-order valence-corrected chi connectivity index (χ0v) is 21.0. The first-order chi connectivity index (χ1) is 14.5. The first-order valence-electron chi connectivity index (χ1n) is 11.3. The van der Waals surface area contributed by atoms with Crippen molar-refractivity contribution in [3.63, 3.8) is 0 Å². The van der Waals surface area contributed by atoms with E-state index in [-0.39, 0.29) is 12.3 Å². The number of rotatable bonds is 4. The average molecular weight is 460 g/mol. The average Bonchev–Trinajstić information content (AvgIpc) is 2.62. The van der Waals surface area contributed by atoms with Gasteiger partial charge >= 0.3 is 18.2 Å². The molecule has 1 N–H and O–H groups in total. The number of aliphatic hydroxyl groups excluding tert-OH is 1. The number of esters is 1. The van der Waals surface area contributed by atoms with E-state index >= 15 is 0 Å². The van der Waals surface area contributed by atoms with Gasteiger partial charge in [0, 0.05) is 6.61 Å². The third-order valence-electron chi connectivity index (χ3n) is 4.54. The SMILES string of the molecule is CC(C)CO[C@H]1CCC[C@H](N(C(=O)OC(C)(C)C)C(=O)OC(C)(C)C)C(=O)O[C@@H](C)[C@@H]1O. The third-order valence-corrected chi connectivity index (χ3v) is 4.54. The van der Waals surface area contributed by atoms with Crippen LogP contribution in [0.25, 0.3) is 0 Å². The van der Waals surface area contributed by atoms with Gasteiger partial charge in [-0.3, -0.25) is 0 Å². The second-order valence-corrected chi connectivity index (χ2v) is 10.7. The minimum Gasteiger partial charge on any atom is -0.458 e. The summed E-state index contributed by atoms with van der Waals surface area (Å²) in [5, 5.41) is 10.6.